The van der Waals surface area contributed by atoms with Crippen molar-refractivity contribution in [2.24, 2.45) is 0 Å². The van der Waals surface area contributed by atoms with Crippen LogP contribution in [0, 0.1) is 11.3 Å². The van der Waals surface area contributed by atoms with Crippen molar-refractivity contribution in [1.82, 2.24) is 0 Å². The van der Waals surface area contributed by atoms with Crippen molar-refractivity contribution in [3.05, 3.63) is 88.4 Å². The molecule has 3 aromatic carbocycles. The zero-order valence-corrected chi connectivity index (χ0v) is 18.5. The lowest BCUT2D eigenvalue weighted by Crippen LogP contribution is -2.38. The number of carbonyl (C=O) groups is 1. The molecule has 0 fully saturated rings. The Bertz CT molecular complexity index is 1230. The summed E-state index contributed by atoms with van der Waals surface area (Å²) >= 11 is 12.3. The highest BCUT2D eigenvalue weighted by atomic mass is 35.5. The van der Waals surface area contributed by atoms with Gasteiger partial charge in [-0.2, -0.15) is 5.26 Å². The van der Waals surface area contributed by atoms with Gasteiger partial charge in [0.25, 0.3) is 10.0 Å². The second-order valence-electron chi connectivity index (χ2n) is 6.50. The Labute approximate surface area is 190 Å². The van der Waals surface area contributed by atoms with Gasteiger partial charge in [-0.15, -0.1) is 0 Å². The number of nitriles is 1. The standard InChI is InChI=1S/C22H17Cl2N3O3S/c23-17-8-11-20(24)21(14-17)27(31(29,30)19-4-2-1-3-5-19)15-22(28)26-18-9-6-16(7-10-18)12-13-25/h1-11,14H,12,15H2,(H,26,28). The molecule has 9 heteroatoms. The number of amides is 1. The van der Waals surface area contributed by atoms with Gasteiger partial charge < -0.3 is 5.32 Å². The van der Waals surface area contributed by atoms with Gasteiger partial charge in [-0.1, -0.05) is 53.5 Å². The van der Waals surface area contributed by atoms with Gasteiger partial charge in [-0.25, -0.2) is 8.42 Å². The molecule has 0 bridgehead atoms. The number of nitrogens with zero attached hydrogens (tertiary/aromatic N) is 2. The molecule has 0 saturated carbocycles. The molecule has 31 heavy (non-hydrogen) atoms. The molecule has 158 valence electrons. The summed E-state index contributed by atoms with van der Waals surface area (Å²) in [5, 5.41) is 11.8. The van der Waals surface area contributed by atoms with Crippen LogP contribution in [0.4, 0.5) is 11.4 Å². The van der Waals surface area contributed by atoms with Gasteiger partial charge in [0.2, 0.25) is 5.91 Å². The van der Waals surface area contributed by atoms with Gasteiger partial charge in [0.15, 0.2) is 0 Å². The topological polar surface area (TPSA) is 90.3 Å². The van der Waals surface area contributed by atoms with Crippen molar-refractivity contribution in [2.75, 3.05) is 16.2 Å². The van der Waals surface area contributed by atoms with Crippen molar-refractivity contribution >= 4 is 50.5 Å². The van der Waals surface area contributed by atoms with E-state index in [4.69, 9.17) is 28.5 Å². The van der Waals surface area contributed by atoms with Gasteiger partial charge >= 0.3 is 0 Å². The molecule has 0 saturated heterocycles. The van der Waals surface area contributed by atoms with Gasteiger partial charge in [-0.05, 0) is 48.0 Å². The molecule has 0 spiro atoms. The molecule has 0 unspecified atom stereocenters. The number of sulfonamides is 1. The molecular weight excluding hydrogens is 457 g/mol. The summed E-state index contributed by atoms with van der Waals surface area (Å²) < 4.78 is 27.6. The van der Waals surface area contributed by atoms with E-state index in [1.54, 1.807) is 42.5 Å². The molecule has 0 heterocycles. The Balaban J connectivity index is 1.92. The van der Waals surface area contributed by atoms with E-state index in [2.05, 4.69) is 5.32 Å². The summed E-state index contributed by atoms with van der Waals surface area (Å²) in [6.45, 7) is -0.517. The van der Waals surface area contributed by atoms with E-state index in [1.165, 1.54) is 30.3 Å². The van der Waals surface area contributed by atoms with Crippen LogP contribution in [0.2, 0.25) is 10.0 Å². The first kappa shape index (κ1) is 22.6. The number of carbonyl (C=O) groups excluding carboxylic acids is 1. The van der Waals surface area contributed by atoms with Crippen molar-refractivity contribution in [2.45, 2.75) is 11.3 Å². The van der Waals surface area contributed by atoms with E-state index in [0.717, 1.165) is 9.87 Å². The van der Waals surface area contributed by atoms with Crippen LogP contribution in [0.15, 0.2) is 77.7 Å². The van der Waals surface area contributed by atoms with Crippen LogP contribution < -0.4 is 9.62 Å². The predicted octanol–water partition coefficient (Wildman–Crippen LogP) is 4.89. The van der Waals surface area contributed by atoms with Crippen LogP contribution in [-0.2, 0) is 21.2 Å². The van der Waals surface area contributed by atoms with Crippen LogP contribution in [0.1, 0.15) is 5.56 Å². The highest BCUT2D eigenvalue weighted by Gasteiger charge is 2.29. The largest absolute Gasteiger partial charge is 0.325 e. The molecule has 3 rings (SSSR count). The van der Waals surface area contributed by atoms with Crippen molar-refractivity contribution < 1.29 is 13.2 Å². The maximum absolute atomic E-state index is 13.3. The van der Waals surface area contributed by atoms with E-state index in [0.29, 0.717) is 5.69 Å². The monoisotopic (exact) mass is 473 g/mol. The van der Waals surface area contributed by atoms with Gasteiger partial charge in [0.1, 0.15) is 6.54 Å². The second kappa shape index (κ2) is 9.84. The third kappa shape index (κ3) is 5.56. The summed E-state index contributed by atoms with van der Waals surface area (Å²) in [4.78, 5) is 12.7. The average Bonchev–Trinajstić information content (AvgIpc) is 2.76. The Morgan fingerprint density at radius 3 is 2.32 bits per heavy atom. The second-order valence-corrected chi connectivity index (χ2v) is 9.21. The summed E-state index contributed by atoms with van der Waals surface area (Å²) in [5.74, 6) is -0.566. The Kier molecular flexibility index (Phi) is 7.18. The van der Waals surface area contributed by atoms with Crippen molar-refractivity contribution in [3.8, 4) is 6.07 Å². The normalized spacial score (nSPS) is 10.9. The van der Waals surface area contributed by atoms with Crippen LogP contribution in [0.25, 0.3) is 0 Å². The molecular formula is C22H17Cl2N3O3S. The summed E-state index contributed by atoms with van der Waals surface area (Å²) in [7, 11) is -4.10. The summed E-state index contributed by atoms with van der Waals surface area (Å²) in [5.41, 5.74) is 1.37. The lowest BCUT2D eigenvalue weighted by molar-refractivity contribution is -0.114. The van der Waals surface area contributed by atoms with Gasteiger partial charge in [-0.3, -0.25) is 9.10 Å². The molecule has 3 aromatic rings. The van der Waals surface area contributed by atoms with E-state index in [9.17, 15) is 13.2 Å². The minimum Gasteiger partial charge on any atom is -0.325 e. The predicted molar refractivity (Wildman–Crippen MR) is 122 cm³/mol. The van der Waals surface area contributed by atoms with Gasteiger partial charge in [0.05, 0.1) is 28.1 Å². The lowest BCUT2D eigenvalue weighted by atomic mass is 10.1. The first-order valence-electron chi connectivity index (χ1n) is 9.10. The first-order valence-corrected chi connectivity index (χ1v) is 11.3. The summed E-state index contributed by atoms with van der Waals surface area (Å²) in [6.07, 6.45) is 0.255. The molecule has 6 nitrogen and oxygen atoms in total. The average molecular weight is 474 g/mol. The minimum atomic E-state index is -4.10. The number of nitrogens with one attached hydrogen (secondary N) is 1. The summed E-state index contributed by atoms with van der Waals surface area (Å²) in [6, 6.07) is 20.9. The fourth-order valence-electron chi connectivity index (χ4n) is 2.82. The number of anilines is 2. The van der Waals surface area contributed by atoms with Crippen molar-refractivity contribution in [3.63, 3.8) is 0 Å². The van der Waals surface area contributed by atoms with E-state index in [-0.39, 0.29) is 27.0 Å². The maximum Gasteiger partial charge on any atom is 0.264 e. The number of hydrogen-bond donors (Lipinski definition) is 1. The molecule has 0 aliphatic carbocycles. The van der Waals surface area contributed by atoms with Gasteiger partial charge in [0, 0.05) is 10.7 Å². The highest BCUT2D eigenvalue weighted by molar-refractivity contribution is 7.92. The lowest BCUT2D eigenvalue weighted by Gasteiger charge is -2.25. The minimum absolute atomic E-state index is 0.0136. The van der Waals surface area contributed by atoms with Crippen LogP contribution in [0.3, 0.4) is 0 Å². The number of rotatable bonds is 7. The highest BCUT2D eigenvalue weighted by Crippen LogP contribution is 2.33. The van der Waals surface area contributed by atoms with Crippen LogP contribution in [0.5, 0.6) is 0 Å². The van der Waals surface area contributed by atoms with Crippen LogP contribution >= 0.6 is 23.2 Å². The molecule has 0 aliphatic heterocycles. The molecule has 0 aliphatic rings. The fourth-order valence-corrected chi connectivity index (χ4v) is 4.71. The van der Waals surface area contributed by atoms with E-state index < -0.39 is 22.5 Å². The first-order chi connectivity index (χ1) is 14.8. The number of halogens is 2. The Hall–Kier alpha value is -3.05. The Morgan fingerprint density at radius 2 is 1.68 bits per heavy atom. The van der Waals surface area contributed by atoms with E-state index >= 15 is 0 Å². The third-order valence-corrected chi connectivity index (χ3v) is 6.64. The quantitative estimate of drug-likeness (QED) is 0.528. The molecule has 0 radical (unpaired) electrons. The zero-order valence-electron chi connectivity index (χ0n) is 16.1. The molecule has 1 amide bonds. The Morgan fingerprint density at radius 1 is 1.00 bits per heavy atom. The SMILES string of the molecule is N#CCc1ccc(NC(=O)CN(c2cc(Cl)ccc2Cl)S(=O)(=O)c2ccccc2)cc1. The number of benzene rings is 3. The smallest absolute Gasteiger partial charge is 0.264 e. The molecule has 0 atom stereocenters. The van der Waals surface area contributed by atoms with Crippen LogP contribution in [-0.4, -0.2) is 20.9 Å². The molecule has 0 aromatic heterocycles. The third-order valence-electron chi connectivity index (χ3n) is 4.32. The van der Waals surface area contributed by atoms with E-state index in [1.807, 2.05) is 6.07 Å². The number of hydrogen-bond acceptors (Lipinski definition) is 4. The van der Waals surface area contributed by atoms with Crippen molar-refractivity contribution in [1.29, 1.82) is 5.26 Å². The zero-order chi connectivity index (χ0) is 22.4. The molecule has 1 N–H and O–H groups in total. The maximum atomic E-state index is 13.3. The fraction of sp³-hybridized carbons (Fsp3) is 0.0909.